The Labute approximate surface area is 130 Å². The molecule has 0 aliphatic carbocycles. The van der Waals surface area contributed by atoms with Gasteiger partial charge in [0.2, 0.25) is 0 Å². The van der Waals surface area contributed by atoms with Gasteiger partial charge in [0.1, 0.15) is 0 Å². The maximum Gasteiger partial charge on any atom is 0.303 e. The maximum absolute atomic E-state index is 12.0. The number of rotatable bonds is 9. The molecule has 2 aromatic rings. The van der Waals surface area contributed by atoms with Crippen molar-refractivity contribution in [3.05, 3.63) is 42.2 Å². The minimum Gasteiger partial charge on any atom is -0.481 e. The lowest BCUT2D eigenvalue weighted by Gasteiger charge is -2.03. The zero-order valence-corrected chi connectivity index (χ0v) is 12.6. The molecule has 0 aromatic carbocycles. The van der Waals surface area contributed by atoms with Gasteiger partial charge in [0.15, 0.2) is 0 Å². The van der Waals surface area contributed by atoms with Gasteiger partial charge >= 0.3 is 5.97 Å². The Morgan fingerprint density at radius 3 is 2.64 bits per heavy atom. The molecule has 0 aliphatic rings. The van der Waals surface area contributed by atoms with Crippen LogP contribution in [0, 0.1) is 0 Å². The van der Waals surface area contributed by atoms with Gasteiger partial charge in [-0.25, -0.2) is 0 Å². The first-order valence-corrected chi connectivity index (χ1v) is 7.73. The lowest BCUT2D eigenvalue weighted by molar-refractivity contribution is -0.137. The van der Waals surface area contributed by atoms with E-state index in [-0.39, 0.29) is 12.3 Å². The summed E-state index contributed by atoms with van der Waals surface area (Å²) in [6, 6.07) is 7.72. The number of nitrogens with zero attached hydrogens (tertiary/aromatic N) is 1. The van der Waals surface area contributed by atoms with Crippen molar-refractivity contribution in [2.45, 2.75) is 38.5 Å². The van der Waals surface area contributed by atoms with Crippen molar-refractivity contribution in [3.8, 4) is 0 Å². The molecule has 0 saturated heterocycles. The number of nitrogens with one attached hydrogen (secondary N) is 1. The lowest BCUT2D eigenvalue weighted by Crippen LogP contribution is -2.23. The number of hydrogen-bond donors (Lipinski definition) is 2. The second-order valence-corrected chi connectivity index (χ2v) is 5.43. The highest BCUT2D eigenvalue weighted by atomic mass is 16.4. The molecule has 118 valence electrons. The fourth-order valence-electron chi connectivity index (χ4n) is 2.42. The van der Waals surface area contributed by atoms with Crippen molar-refractivity contribution in [2.24, 2.45) is 0 Å². The summed E-state index contributed by atoms with van der Waals surface area (Å²) in [5, 5.41) is 11.4. The summed E-state index contributed by atoms with van der Waals surface area (Å²) in [5.41, 5.74) is 1.68. The predicted molar refractivity (Wildman–Crippen MR) is 85.1 cm³/mol. The molecule has 0 aliphatic heterocycles. The van der Waals surface area contributed by atoms with Gasteiger partial charge < -0.3 is 14.8 Å². The largest absolute Gasteiger partial charge is 0.481 e. The Bertz CT molecular complexity index is 601. The average molecular weight is 302 g/mol. The molecular formula is C17H22N2O3. The molecule has 22 heavy (non-hydrogen) atoms. The van der Waals surface area contributed by atoms with Crippen molar-refractivity contribution in [2.75, 3.05) is 6.54 Å². The third kappa shape index (κ3) is 4.91. The molecule has 2 heterocycles. The van der Waals surface area contributed by atoms with Crippen LogP contribution in [0.3, 0.4) is 0 Å². The van der Waals surface area contributed by atoms with E-state index in [1.54, 1.807) is 0 Å². The first kappa shape index (κ1) is 16.1. The van der Waals surface area contributed by atoms with Crippen molar-refractivity contribution in [1.82, 2.24) is 9.72 Å². The fraction of sp³-hybridized carbons (Fsp3) is 0.412. The average Bonchev–Trinajstić information content (AvgIpc) is 2.93. The van der Waals surface area contributed by atoms with Crippen LogP contribution in [0.5, 0.6) is 0 Å². The minimum absolute atomic E-state index is 0.0467. The Hall–Kier alpha value is -2.30. The number of fused-ring (bicyclic) bond motifs is 1. The van der Waals surface area contributed by atoms with E-state index in [4.69, 9.17) is 5.11 Å². The van der Waals surface area contributed by atoms with E-state index in [9.17, 15) is 9.59 Å². The highest BCUT2D eigenvalue weighted by molar-refractivity contribution is 5.95. The summed E-state index contributed by atoms with van der Waals surface area (Å²) in [4.78, 5) is 22.4. The van der Waals surface area contributed by atoms with Crippen LogP contribution >= 0.6 is 0 Å². The highest BCUT2D eigenvalue weighted by Crippen LogP contribution is 2.09. The second-order valence-electron chi connectivity index (χ2n) is 5.43. The topological polar surface area (TPSA) is 70.8 Å². The Kier molecular flexibility index (Phi) is 6.01. The van der Waals surface area contributed by atoms with E-state index in [0.29, 0.717) is 12.1 Å². The number of hydrogen-bond acceptors (Lipinski definition) is 2. The van der Waals surface area contributed by atoms with Gasteiger partial charge in [-0.2, -0.15) is 0 Å². The van der Waals surface area contributed by atoms with Crippen LogP contribution in [0.4, 0.5) is 0 Å². The molecule has 0 radical (unpaired) electrons. The van der Waals surface area contributed by atoms with E-state index in [1.165, 1.54) is 0 Å². The molecule has 0 atom stereocenters. The summed E-state index contributed by atoms with van der Waals surface area (Å²) >= 11 is 0. The van der Waals surface area contributed by atoms with Gasteiger partial charge in [-0.05, 0) is 31.0 Å². The highest BCUT2D eigenvalue weighted by Gasteiger charge is 2.07. The molecule has 2 rings (SSSR count). The summed E-state index contributed by atoms with van der Waals surface area (Å²) in [5.74, 6) is -0.776. The summed E-state index contributed by atoms with van der Waals surface area (Å²) in [6.45, 7) is 0.657. The minimum atomic E-state index is -0.729. The SMILES string of the molecule is O=C(O)CCCCCCCNC(=O)c1cc2ccccn2c1. The van der Waals surface area contributed by atoms with Crippen LogP contribution in [0.25, 0.3) is 5.52 Å². The van der Waals surface area contributed by atoms with E-state index < -0.39 is 5.97 Å². The van der Waals surface area contributed by atoms with Crippen molar-refractivity contribution >= 4 is 17.4 Å². The van der Waals surface area contributed by atoms with Gasteiger partial charge in [-0.15, -0.1) is 0 Å². The number of unbranched alkanes of at least 4 members (excludes halogenated alkanes) is 4. The molecule has 0 bridgehead atoms. The molecule has 2 N–H and O–H groups in total. The van der Waals surface area contributed by atoms with Crippen LogP contribution in [0.2, 0.25) is 0 Å². The van der Waals surface area contributed by atoms with Crippen LogP contribution in [0.15, 0.2) is 36.7 Å². The number of carboxylic acids is 1. The molecular weight excluding hydrogens is 280 g/mol. The van der Waals surface area contributed by atoms with Crippen LogP contribution in [-0.2, 0) is 4.79 Å². The van der Waals surface area contributed by atoms with Crippen molar-refractivity contribution in [1.29, 1.82) is 0 Å². The van der Waals surface area contributed by atoms with Crippen LogP contribution in [-0.4, -0.2) is 27.9 Å². The van der Waals surface area contributed by atoms with Gasteiger partial charge in [0, 0.05) is 30.9 Å². The van der Waals surface area contributed by atoms with Crippen LogP contribution in [0.1, 0.15) is 48.9 Å². The Morgan fingerprint density at radius 2 is 1.86 bits per heavy atom. The number of aromatic nitrogens is 1. The van der Waals surface area contributed by atoms with Gasteiger partial charge in [0.05, 0.1) is 5.56 Å². The number of pyridine rings is 1. The van der Waals surface area contributed by atoms with E-state index in [0.717, 1.165) is 37.6 Å². The molecule has 0 spiro atoms. The number of amides is 1. The van der Waals surface area contributed by atoms with E-state index in [2.05, 4.69) is 5.32 Å². The third-order valence-electron chi connectivity index (χ3n) is 3.62. The Balaban J connectivity index is 1.62. The number of carbonyl (C=O) groups is 2. The summed E-state index contributed by atoms with van der Waals surface area (Å²) in [6.07, 6.45) is 8.62. The monoisotopic (exact) mass is 302 g/mol. The van der Waals surface area contributed by atoms with E-state index >= 15 is 0 Å². The molecule has 0 saturated carbocycles. The predicted octanol–water partition coefficient (Wildman–Crippen LogP) is 3.09. The number of aliphatic carboxylic acids is 1. The Morgan fingerprint density at radius 1 is 1.09 bits per heavy atom. The van der Waals surface area contributed by atoms with Crippen molar-refractivity contribution < 1.29 is 14.7 Å². The third-order valence-corrected chi connectivity index (χ3v) is 3.62. The van der Waals surface area contributed by atoms with Crippen LogP contribution < -0.4 is 5.32 Å². The van der Waals surface area contributed by atoms with Gasteiger partial charge in [0.25, 0.3) is 5.91 Å². The number of carbonyl (C=O) groups excluding carboxylic acids is 1. The zero-order chi connectivity index (χ0) is 15.8. The molecule has 5 heteroatoms. The number of carboxylic acid groups (broad SMARTS) is 1. The quantitative estimate of drug-likeness (QED) is 0.699. The molecule has 1 amide bonds. The first-order valence-electron chi connectivity index (χ1n) is 7.73. The lowest BCUT2D eigenvalue weighted by atomic mass is 10.1. The van der Waals surface area contributed by atoms with Gasteiger partial charge in [-0.1, -0.05) is 25.3 Å². The smallest absolute Gasteiger partial charge is 0.303 e. The first-order chi connectivity index (χ1) is 10.7. The molecule has 2 aromatic heterocycles. The standard InChI is InChI=1S/C17H22N2O3/c20-16(21)9-4-2-1-3-6-10-18-17(22)14-12-15-8-5-7-11-19(15)13-14/h5,7-8,11-13H,1-4,6,9-10H2,(H,18,22)(H,20,21). The normalized spacial score (nSPS) is 10.7. The molecule has 0 unspecified atom stereocenters. The summed E-state index contributed by atoms with van der Waals surface area (Å²) in [7, 11) is 0. The summed E-state index contributed by atoms with van der Waals surface area (Å²) < 4.78 is 1.93. The van der Waals surface area contributed by atoms with E-state index in [1.807, 2.05) is 41.1 Å². The molecule has 0 fully saturated rings. The maximum atomic E-state index is 12.0. The van der Waals surface area contributed by atoms with Crippen molar-refractivity contribution in [3.63, 3.8) is 0 Å². The zero-order valence-electron chi connectivity index (χ0n) is 12.6. The fourth-order valence-corrected chi connectivity index (χ4v) is 2.42. The van der Waals surface area contributed by atoms with Gasteiger partial charge in [-0.3, -0.25) is 9.59 Å². The molecule has 5 nitrogen and oxygen atoms in total. The second kappa shape index (κ2) is 8.22.